The van der Waals surface area contributed by atoms with Crippen molar-refractivity contribution in [1.29, 1.82) is 0 Å². The van der Waals surface area contributed by atoms with E-state index in [1.165, 1.54) is 0 Å². The van der Waals surface area contributed by atoms with Gasteiger partial charge in [0.05, 0.1) is 16.9 Å². The second kappa shape index (κ2) is 5.97. The zero-order valence-corrected chi connectivity index (χ0v) is 16.0. The van der Waals surface area contributed by atoms with Gasteiger partial charge in [-0.25, -0.2) is 4.98 Å². The standard InChI is InChI=1S/C23H20N4O2/c1-14-23(29,17-13-19(17)26(14)2)10-9-15-6-5-7-16(12-15)20-18-8-3-4-11-27(18)22(25-20)21(24)28/h3-8,11-12,17,19,29H,1,13H2,2H3,(H2,24,28). The maximum absolute atomic E-state index is 11.8. The second-order valence-electron chi connectivity index (χ2n) is 7.67. The van der Waals surface area contributed by atoms with E-state index in [1.807, 2.05) is 54.4 Å². The van der Waals surface area contributed by atoms with Crippen molar-refractivity contribution in [3.05, 3.63) is 72.3 Å². The van der Waals surface area contributed by atoms with Gasteiger partial charge in [-0.3, -0.25) is 9.20 Å². The minimum absolute atomic E-state index is 0.130. The molecule has 3 atom stereocenters. The minimum atomic E-state index is -1.17. The number of nitrogens with two attached hydrogens (primary N) is 1. The Morgan fingerprint density at radius 2 is 2.17 bits per heavy atom. The average molecular weight is 384 g/mol. The lowest BCUT2D eigenvalue weighted by atomic mass is 9.96. The molecule has 144 valence electrons. The number of imidazole rings is 1. The largest absolute Gasteiger partial charge is 0.372 e. The number of primary amides is 1. The first kappa shape index (κ1) is 17.5. The number of pyridine rings is 1. The third-order valence-electron chi connectivity index (χ3n) is 5.96. The predicted octanol–water partition coefficient (Wildman–Crippen LogP) is 2.03. The number of rotatable bonds is 2. The van der Waals surface area contributed by atoms with Gasteiger partial charge in [-0.15, -0.1) is 0 Å². The van der Waals surface area contributed by atoms with Gasteiger partial charge in [-0.1, -0.05) is 36.6 Å². The van der Waals surface area contributed by atoms with Crippen LogP contribution < -0.4 is 5.73 Å². The fraction of sp³-hybridized carbons (Fsp3) is 0.217. The highest BCUT2D eigenvalue weighted by Crippen LogP contribution is 2.54. The van der Waals surface area contributed by atoms with Crippen LogP contribution in [0.5, 0.6) is 0 Å². The van der Waals surface area contributed by atoms with Crippen molar-refractivity contribution in [2.24, 2.45) is 11.7 Å². The molecule has 1 saturated heterocycles. The summed E-state index contributed by atoms with van der Waals surface area (Å²) in [4.78, 5) is 18.3. The van der Waals surface area contributed by atoms with Crippen LogP contribution in [0.3, 0.4) is 0 Å². The Morgan fingerprint density at radius 1 is 1.34 bits per heavy atom. The summed E-state index contributed by atoms with van der Waals surface area (Å²) in [6.07, 6.45) is 2.71. The topological polar surface area (TPSA) is 83.9 Å². The minimum Gasteiger partial charge on any atom is -0.372 e. The molecule has 1 aliphatic carbocycles. The number of hydrogen-bond acceptors (Lipinski definition) is 4. The molecule has 29 heavy (non-hydrogen) atoms. The molecule has 1 amide bonds. The van der Waals surface area contributed by atoms with Crippen molar-refractivity contribution < 1.29 is 9.90 Å². The molecule has 1 aliphatic heterocycles. The van der Waals surface area contributed by atoms with E-state index in [0.29, 0.717) is 17.4 Å². The molecule has 2 aliphatic rings. The van der Waals surface area contributed by atoms with Gasteiger partial charge in [0, 0.05) is 36.3 Å². The SMILES string of the molecule is C=C1N(C)C2CC2C1(O)C#Cc1cccc(-c2nc(C(N)=O)n3ccccc23)c1. The molecule has 2 aromatic heterocycles. The van der Waals surface area contributed by atoms with Gasteiger partial charge < -0.3 is 15.7 Å². The van der Waals surface area contributed by atoms with Gasteiger partial charge in [0.25, 0.3) is 5.91 Å². The normalized spacial score (nSPS) is 24.9. The lowest BCUT2D eigenvalue weighted by Crippen LogP contribution is -2.32. The van der Waals surface area contributed by atoms with Crippen LogP contribution in [0.4, 0.5) is 0 Å². The maximum atomic E-state index is 11.8. The molecule has 0 radical (unpaired) electrons. The Labute approximate surface area is 168 Å². The molecular formula is C23H20N4O2. The average Bonchev–Trinajstić information content (AvgIpc) is 3.40. The Balaban J connectivity index is 1.55. The van der Waals surface area contributed by atoms with Crippen LogP contribution in [-0.4, -0.2) is 44.0 Å². The van der Waals surface area contributed by atoms with E-state index in [1.54, 1.807) is 10.6 Å². The predicted molar refractivity (Wildman–Crippen MR) is 110 cm³/mol. The highest BCUT2D eigenvalue weighted by atomic mass is 16.3. The van der Waals surface area contributed by atoms with Gasteiger partial charge in [0.15, 0.2) is 5.60 Å². The van der Waals surface area contributed by atoms with Gasteiger partial charge in [-0.05, 0) is 30.7 Å². The van der Waals surface area contributed by atoms with Gasteiger partial charge >= 0.3 is 0 Å². The second-order valence-corrected chi connectivity index (χ2v) is 7.67. The van der Waals surface area contributed by atoms with Crippen molar-refractivity contribution in [1.82, 2.24) is 14.3 Å². The maximum Gasteiger partial charge on any atom is 0.285 e. The summed E-state index contributed by atoms with van der Waals surface area (Å²) in [5, 5.41) is 11.0. The summed E-state index contributed by atoms with van der Waals surface area (Å²) in [6, 6.07) is 13.5. The Bertz CT molecular complexity index is 1250. The number of likely N-dealkylation sites (N-methyl/N-ethyl adjacent to an activating group) is 1. The highest BCUT2D eigenvalue weighted by molar-refractivity contribution is 5.93. The van der Waals surface area contributed by atoms with Crippen LogP contribution >= 0.6 is 0 Å². The summed E-state index contributed by atoms with van der Waals surface area (Å²) >= 11 is 0. The molecule has 3 unspecified atom stereocenters. The third kappa shape index (κ3) is 2.55. The van der Waals surface area contributed by atoms with E-state index in [4.69, 9.17) is 5.73 Å². The van der Waals surface area contributed by atoms with Gasteiger partial charge in [0.1, 0.15) is 0 Å². The number of fused-ring (bicyclic) bond motifs is 2. The van der Waals surface area contributed by atoms with Gasteiger partial charge in [-0.2, -0.15) is 0 Å². The first-order valence-electron chi connectivity index (χ1n) is 9.45. The smallest absolute Gasteiger partial charge is 0.285 e. The molecule has 3 N–H and O–H groups in total. The number of aromatic nitrogens is 2. The zero-order valence-electron chi connectivity index (χ0n) is 16.0. The van der Waals surface area contributed by atoms with Crippen LogP contribution in [0.15, 0.2) is 60.9 Å². The molecule has 5 rings (SSSR count). The van der Waals surface area contributed by atoms with E-state index in [-0.39, 0.29) is 11.7 Å². The van der Waals surface area contributed by atoms with E-state index in [0.717, 1.165) is 23.1 Å². The van der Waals surface area contributed by atoms with E-state index in [2.05, 4.69) is 23.4 Å². The third-order valence-corrected chi connectivity index (χ3v) is 5.96. The highest BCUT2D eigenvalue weighted by Gasteiger charge is 2.62. The molecule has 3 aromatic rings. The monoisotopic (exact) mass is 384 g/mol. The van der Waals surface area contributed by atoms with Crippen molar-refractivity contribution in [2.75, 3.05) is 7.05 Å². The molecule has 0 bridgehead atoms. The van der Waals surface area contributed by atoms with E-state index in [9.17, 15) is 9.90 Å². The number of nitrogens with zero attached hydrogens (tertiary/aromatic N) is 3. The summed E-state index contributed by atoms with van der Waals surface area (Å²) in [5.41, 5.74) is 8.01. The molecule has 1 saturated carbocycles. The zero-order chi connectivity index (χ0) is 20.3. The van der Waals surface area contributed by atoms with Crippen molar-refractivity contribution in [3.63, 3.8) is 0 Å². The van der Waals surface area contributed by atoms with E-state index < -0.39 is 11.5 Å². The lowest BCUT2D eigenvalue weighted by molar-refractivity contribution is 0.0990. The molecule has 2 fully saturated rings. The first-order chi connectivity index (χ1) is 13.9. The lowest BCUT2D eigenvalue weighted by Gasteiger charge is -2.24. The fourth-order valence-electron chi connectivity index (χ4n) is 4.24. The van der Waals surface area contributed by atoms with Crippen LogP contribution in [-0.2, 0) is 0 Å². The van der Waals surface area contributed by atoms with Crippen molar-refractivity contribution >= 4 is 11.4 Å². The number of amides is 1. The molecule has 6 nitrogen and oxygen atoms in total. The molecule has 6 heteroatoms. The summed E-state index contributed by atoms with van der Waals surface area (Å²) in [5.74, 6) is 5.89. The Hall–Kier alpha value is -3.56. The summed E-state index contributed by atoms with van der Waals surface area (Å²) < 4.78 is 1.68. The number of aliphatic hydroxyl groups is 1. The molecular weight excluding hydrogens is 364 g/mol. The number of piperidine rings is 1. The van der Waals surface area contributed by atoms with Crippen LogP contribution in [0.25, 0.3) is 16.8 Å². The van der Waals surface area contributed by atoms with E-state index >= 15 is 0 Å². The molecule has 0 spiro atoms. The van der Waals surface area contributed by atoms with Crippen LogP contribution in [0, 0.1) is 17.8 Å². The van der Waals surface area contributed by atoms with Crippen molar-refractivity contribution in [2.45, 2.75) is 18.1 Å². The first-order valence-corrected chi connectivity index (χ1v) is 9.45. The number of carbonyl (C=O) groups is 1. The summed E-state index contributed by atoms with van der Waals surface area (Å²) in [7, 11) is 1.95. The number of likely N-dealkylation sites (tertiary alicyclic amines) is 1. The van der Waals surface area contributed by atoms with Crippen LogP contribution in [0.2, 0.25) is 0 Å². The van der Waals surface area contributed by atoms with Crippen LogP contribution in [0.1, 0.15) is 22.6 Å². The number of hydrogen-bond donors (Lipinski definition) is 2. The molecule has 3 heterocycles. The number of benzene rings is 1. The Kier molecular flexibility index (Phi) is 3.61. The quantitative estimate of drug-likeness (QED) is 0.662. The summed E-state index contributed by atoms with van der Waals surface area (Å²) in [6.45, 7) is 4.02. The number of carbonyl (C=O) groups excluding carboxylic acids is 1. The van der Waals surface area contributed by atoms with Crippen molar-refractivity contribution in [3.8, 4) is 23.1 Å². The molecule has 1 aromatic carbocycles. The van der Waals surface area contributed by atoms with Gasteiger partial charge in [0.2, 0.25) is 5.82 Å². The fourth-order valence-corrected chi connectivity index (χ4v) is 4.24. The Morgan fingerprint density at radius 3 is 2.90 bits per heavy atom.